The molecule has 1 heterocycles. The Morgan fingerprint density at radius 2 is 2.18 bits per heavy atom. The molecule has 0 aliphatic carbocycles. The van der Waals surface area contributed by atoms with E-state index in [1.165, 1.54) is 0 Å². The zero-order valence-corrected chi connectivity index (χ0v) is 9.24. The van der Waals surface area contributed by atoms with E-state index >= 15 is 0 Å². The summed E-state index contributed by atoms with van der Waals surface area (Å²) in [7, 11) is 0. The van der Waals surface area contributed by atoms with Gasteiger partial charge in [0, 0.05) is 0 Å². The molecule has 92 valence electrons. The van der Waals surface area contributed by atoms with Crippen molar-refractivity contribution in [2.45, 2.75) is 18.8 Å². The fourth-order valence-corrected chi connectivity index (χ4v) is 1.58. The van der Waals surface area contributed by atoms with Crippen LogP contribution in [0.25, 0.3) is 0 Å². The van der Waals surface area contributed by atoms with Crippen LogP contribution in [0, 0.1) is 0 Å². The quantitative estimate of drug-likeness (QED) is 0.778. The van der Waals surface area contributed by atoms with Crippen LogP contribution in [0.5, 0.6) is 0 Å². The number of rotatable bonds is 5. The Hall–Kier alpha value is -1.59. The van der Waals surface area contributed by atoms with Crippen LogP contribution >= 0.6 is 0 Å². The maximum absolute atomic E-state index is 10.8. The first kappa shape index (κ1) is 11.9. The number of aliphatic hydroxyl groups is 1. The molecule has 1 aliphatic rings. The fourth-order valence-electron chi connectivity index (χ4n) is 1.58. The van der Waals surface area contributed by atoms with Gasteiger partial charge in [0.25, 0.3) is 0 Å². The van der Waals surface area contributed by atoms with E-state index in [-0.39, 0.29) is 13.2 Å². The molecule has 0 spiro atoms. The molecule has 0 radical (unpaired) electrons. The fraction of sp³-hybridized carbons (Fsp3) is 0.417. The average Bonchev–Trinajstić information content (AvgIpc) is 2.78. The van der Waals surface area contributed by atoms with Crippen LogP contribution in [0.15, 0.2) is 30.3 Å². The summed E-state index contributed by atoms with van der Waals surface area (Å²) in [4.78, 5) is 10.8. The minimum Gasteiger partial charge on any atom is -0.430 e. The molecule has 5 nitrogen and oxygen atoms in total. The van der Waals surface area contributed by atoms with Crippen molar-refractivity contribution in [2.24, 2.45) is 0 Å². The van der Waals surface area contributed by atoms with Gasteiger partial charge < -0.3 is 19.3 Å². The van der Waals surface area contributed by atoms with Gasteiger partial charge in [-0.2, -0.15) is 0 Å². The van der Waals surface area contributed by atoms with Gasteiger partial charge in [-0.05, 0) is 5.56 Å². The Morgan fingerprint density at radius 3 is 2.76 bits per heavy atom. The predicted molar refractivity (Wildman–Crippen MR) is 58.3 cm³/mol. The highest BCUT2D eigenvalue weighted by Gasteiger charge is 2.33. The molecule has 1 aromatic carbocycles. The van der Waals surface area contributed by atoms with Crippen molar-refractivity contribution < 1.29 is 24.1 Å². The van der Waals surface area contributed by atoms with Crippen LogP contribution < -0.4 is 0 Å². The maximum Gasteiger partial charge on any atom is 0.508 e. The summed E-state index contributed by atoms with van der Waals surface area (Å²) in [6, 6.07) is 9.58. The van der Waals surface area contributed by atoms with Crippen LogP contribution in [0.1, 0.15) is 5.56 Å². The van der Waals surface area contributed by atoms with Gasteiger partial charge in [-0.1, -0.05) is 30.3 Å². The highest BCUT2D eigenvalue weighted by atomic mass is 16.8. The maximum atomic E-state index is 10.8. The van der Waals surface area contributed by atoms with Gasteiger partial charge in [0.15, 0.2) is 6.10 Å². The molecule has 0 unspecified atom stereocenters. The van der Waals surface area contributed by atoms with Gasteiger partial charge in [0.1, 0.15) is 12.7 Å². The topological polar surface area (TPSA) is 65.0 Å². The van der Waals surface area contributed by atoms with Crippen molar-refractivity contribution in [2.75, 3.05) is 13.2 Å². The van der Waals surface area contributed by atoms with Crippen molar-refractivity contribution >= 4 is 6.16 Å². The standard InChI is InChI=1S/C12H14O5/c13-6-10(11-8-16-12(14)17-11)15-7-9-4-2-1-3-5-9/h1-5,10-11,13H,6-8H2/t10-,11-/m0/s1. The Morgan fingerprint density at radius 1 is 1.41 bits per heavy atom. The molecule has 17 heavy (non-hydrogen) atoms. The van der Waals surface area contributed by atoms with E-state index in [2.05, 4.69) is 4.74 Å². The second-order valence-electron chi connectivity index (χ2n) is 3.73. The van der Waals surface area contributed by atoms with Crippen LogP contribution in [-0.4, -0.2) is 36.7 Å². The zero-order valence-electron chi connectivity index (χ0n) is 9.24. The largest absolute Gasteiger partial charge is 0.508 e. The Bertz CT molecular complexity index is 364. The lowest BCUT2D eigenvalue weighted by molar-refractivity contribution is -0.0602. The third-order valence-electron chi connectivity index (χ3n) is 2.51. The summed E-state index contributed by atoms with van der Waals surface area (Å²) >= 11 is 0. The van der Waals surface area contributed by atoms with Crippen molar-refractivity contribution in [3.63, 3.8) is 0 Å². The summed E-state index contributed by atoms with van der Waals surface area (Å²) in [5.74, 6) is 0. The summed E-state index contributed by atoms with van der Waals surface area (Å²) in [5.41, 5.74) is 0.996. The predicted octanol–water partition coefficient (Wildman–Crippen LogP) is 1.10. The second kappa shape index (κ2) is 5.65. The van der Waals surface area contributed by atoms with Gasteiger partial charge in [0.05, 0.1) is 13.2 Å². The van der Waals surface area contributed by atoms with E-state index in [4.69, 9.17) is 9.47 Å². The number of benzene rings is 1. The number of hydrogen-bond acceptors (Lipinski definition) is 5. The molecule has 0 bridgehead atoms. The summed E-state index contributed by atoms with van der Waals surface area (Å²) in [6.07, 6.45) is -1.80. The second-order valence-corrected chi connectivity index (χ2v) is 3.73. The van der Waals surface area contributed by atoms with Gasteiger partial charge >= 0.3 is 6.16 Å². The number of ether oxygens (including phenoxy) is 3. The lowest BCUT2D eigenvalue weighted by Crippen LogP contribution is -2.34. The van der Waals surface area contributed by atoms with Crippen molar-refractivity contribution in [1.82, 2.24) is 0 Å². The van der Waals surface area contributed by atoms with Gasteiger partial charge in [-0.15, -0.1) is 0 Å². The van der Waals surface area contributed by atoms with E-state index in [1.54, 1.807) is 0 Å². The molecular weight excluding hydrogens is 224 g/mol. The van der Waals surface area contributed by atoms with E-state index in [0.717, 1.165) is 5.56 Å². The number of cyclic esters (lactones) is 2. The molecule has 0 saturated carbocycles. The third-order valence-corrected chi connectivity index (χ3v) is 2.51. The van der Waals surface area contributed by atoms with Crippen molar-refractivity contribution in [3.05, 3.63) is 35.9 Å². The van der Waals surface area contributed by atoms with E-state index < -0.39 is 18.4 Å². The van der Waals surface area contributed by atoms with Crippen LogP contribution in [0.3, 0.4) is 0 Å². The van der Waals surface area contributed by atoms with E-state index in [1.807, 2.05) is 30.3 Å². The molecule has 5 heteroatoms. The number of carbonyl (C=O) groups excluding carboxylic acids is 1. The minimum absolute atomic E-state index is 0.124. The Labute approximate surface area is 98.9 Å². The first-order chi connectivity index (χ1) is 8.29. The molecule has 0 amide bonds. The average molecular weight is 238 g/mol. The molecule has 0 aromatic heterocycles. The molecule has 1 N–H and O–H groups in total. The zero-order chi connectivity index (χ0) is 12.1. The smallest absolute Gasteiger partial charge is 0.430 e. The molecule has 2 rings (SSSR count). The minimum atomic E-state index is -0.711. The monoisotopic (exact) mass is 238 g/mol. The molecule has 1 fully saturated rings. The lowest BCUT2D eigenvalue weighted by atomic mass is 10.2. The third kappa shape index (κ3) is 3.18. The Kier molecular flexibility index (Phi) is 3.95. The molecular formula is C12H14O5. The summed E-state index contributed by atoms with van der Waals surface area (Å²) in [6.45, 7) is 0.271. The van der Waals surface area contributed by atoms with E-state index in [0.29, 0.717) is 6.61 Å². The first-order valence-corrected chi connectivity index (χ1v) is 5.39. The SMILES string of the molecule is O=C1OC[C@@H]([C@H](CO)OCc2ccccc2)O1. The summed E-state index contributed by atoms with van der Waals surface area (Å²) < 4.78 is 15.0. The van der Waals surface area contributed by atoms with Crippen molar-refractivity contribution in [3.8, 4) is 0 Å². The number of hydrogen-bond donors (Lipinski definition) is 1. The number of carbonyl (C=O) groups is 1. The van der Waals surface area contributed by atoms with E-state index in [9.17, 15) is 9.90 Å². The normalized spacial score (nSPS) is 20.8. The molecule has 2 atom stereocenters. The van der Waals surface area contributed by atoms with Gasteiger partial charge in [0.2, 0.25) is 0 Å². The van der Waals surface area contributed by atoms with Crippen LogP contribution in [-0.2, 0) is 20.8 Å². The highest BCUT2D eigenvalue weighted by molar-refractivity contribution is 5.61. The van der Waals surface area contributed by atoms with Gasteiger partial charge in [-0.25, -0.2) is 4.79 Å². The summed E-state index contributed by atoms with van der Waals surface area (Å²) in [5, 5.41) is 9.18. The molecule has 1 aliphatic heterocycles. The lowest BCUT2D eigenvalue weighted by Gasteiger charge is -2.18. The van der Waals surface area contributed by atoms with Crippen molar-refractivity contribution in [1.29, 1.82) is 0 Å². The first-order valence-electron chi connectivity index (χ1n) is 5.39. The van der Waals surface area contributed by atoms with Gasteiger partial charge in [-0.3, -0.25) is 0 Å². The van der Waals surface area contributed by atoms with Crippen LogP contribution in [0.2, 0.25) is 0 Å². The number of aliphatic hydroxyl groups excluding tert-OH is 1. The molecule has 1 saturated heterocycles. The highest BCUT2D eigenvalue weighted by Crippen LogP contribution is 2.14. The Balaban J connectivity index is 1.86. The molecule has 1 aromatic rings. The van der Waals surface area contributed by atoms with Crippen LogP contribution in [0.4, 0.5) is 4.79 Å².